The zero-order valence-electron chi connectivity index (χ0n) is 11.4. The van der Waals surface area contributed by atoms with Crippen LogP contribution in [0.2, 0.25) is 0 Å². The molecule has 1 saturated carbocycles. The third-order valence-electron chi connectivity index (χ3n) is 3.97. The average Bonchev–Trinajstić information content (AvgIpc) is 3.01. The van der Waals surface area contributed by atoms with Gasteiger partial charge in [-0.05, 0) is 31.6 Å². The molecular weight excluding hydrogens is 274 g/mol. The van der Waals surface area contributed by atoms with E-state index in [1.54, 1.807) is 0 Å². The standard InChI is InChI=1S/C14H19N3O2S/c18-11(8-9-4-1-2-5-9)17-14-16-10-6-3-7-15-13(19)12(10)20-14/h9H,1-8H2,(H,15,19)(H,16,17,18). The predicted octanol–water partition coefficient (Wildman–Crippen LogP) is 2.34. The highest BCUT2D eigenvalue weighted by atomic mass is 32.1. The molecule has 0 atom stereocenters. The molecule has 0 unspecified atom stereocenters. The van der Waals surface area contributed by atoms with Crippen molar-refractivity contribution < 1.29 is 9.59 Å². The Morgan fingerprint density at radius 2 is 2.15 bits per heavy atom. The van der Waals surface area contributed by atoms with Crippen LogP contribution >= 0.6 is 11.3 Å². The molecule has 2 N–H and O–H groups in total. The van der Waals surface area contributed by atoms with Crippen molar-refractivity contribution in [2.24, 2.45) is 5.92 Å². The molecule has 1 aromatic heterocycles. The Hall–Kier alpha value is -1.43. The molecule has 3 rings (SSSR count). The van der Waals surface area contributed by atoms with Crippen molar-refractivity contribution in [3.8, 4) is 0 Å². The summed E-state index contributed by atoms with van der Waals surface area (Å²) >= 11 is 1.29. The fourth-order valence-electron chi connectivity index (χ4n) is 2.94. The number of thiazole rings is 1. The van der Waals surface area contributed by atoms with Gasteiger partial charge in [-0.15, -0.1) is 0 Å². The highest BCUT2D eigenvalue weighted by Gasteiger charge is 2.22. The zero-order valence-corrected chi connectivity index (χ0v) is 12.2. The van der Waals surface area contributed by atoms with E-state index in [0.717, 1.165) is 31.4 Å². The SMILES string of the molecule is O=C(CC1CCCC1)Nc1nc2c(s1)C(=O)NCCC2. The van der Waals surface area contributed by atoms with E-state index in [4.69, 9.17) is 0 Å². The second kappa shape index (κ2) is 5.91. The molecule has 5 nitrogen and oxygen atoms in total. The molecule has 20 heavy (non-hydrogen) atoms. The van der Waals surface area contributed by atoms with Crippen LogP contribution in [-0.2, 0) is 11.2 Å². The van der Waals surface area contributed by atoms with Crippen LogP contribution < -0.4 is 10.6 Å². The molecule has 0 bridgehead atoms. The van der Waals surface area contributed by atoms with Crippen LogP contribution in [0.25, 0.3) is 0 Å². The summed E-state index contributed by atoms with van der Waals surface area (Å²) in [6.45, 7) is 0.700. The number of amides is 2. The van der Waals surface area contributed by atoms with Crippen molar-refractivity contribution in [2.45, 2.75) is 44.9 Å². The van der Waals surface area contributed by atoms with Crippen LogP contribution in [0.1, 0.15) is 53.9 Å². The normalized spacial score (nSPS) is 19.3. The van der Waals surface area contributed by atoms with E-state index in [1.165, 1.54) is 24.2 Å². The maximum Gasteiger partial charge on any atom is 0.263 e. The summed E-state index contributed by atoms with van der Waals surface area (Å²) in [5.41, 5.74) is 0.821. The Kier molecular flexibility index (Phi) is 4.00. The Bertz CT molecular complexity index is 520. The number of carbonyl (C=O) groups is 2. The maximum atomic E-state index is 12.0. The molecule has 2 heterocycles. The molecular formula is C14H19N3O2S. The largest absolute Gasteiger partial charge is 0.351 e. The van der Waals surface area contributed by atoms with Gasteiger partial charge in [0, 0.05) is 13.0 Å². The number of nitrogens with one attached hydrogen (secondary N) is 2. The summed E-state index contributed by atoms with van der Waals surface area (Å²) in [7, 11) is 0. The first kappa shape index (κ1) is 13.5. The Morgan fingerprint density at radius 1 is 1.35 bits per heavy atom. The smallest absolute Gasteiger partial charge is 0.263 e. The number of carbonyl (C=O) groups excluding carboxylic acids is 2. The molecule has 6 heteroatoms. The van der Waals surface area contributed by atoms with Crippen molar-refractivity contribution in [2.75, 3.05) is 11.9 Å². The Morgan fingerprint density at radius 3 is 2.95 bits per heavy atom. The summed E-state index contributed by atoms with van der Waals surface area (Å²) < 4.78 is 0. The van der Waals surface area contributed by atoms with Gasteiger partial charge in [-0.25, -0.2) is 4.98 Å². The van der Waals surface area contributed by atoms with E-state index in [-0.39, 0.29) is 11.8 Å². The Balaban J connectivity index is 1.64. The molecule has 1 aromatic rings. The Labute approximate surface area is 122 Å². The maximum absolute atomic E-state index is 12.0. The minimum absolute atomic E-state index is 0.0289. The molecule has 1 aliphatic heterocycles. The molecule has 0 radical (unpaired) electrons. The lowest BCUT2D eigenvalue weighted by Gasteiger charge is -2.07. The molecule has 0 saturated heterocycles. The third-order valence-corrected chi connectivity index (χ3v) is 4.99. The number of nitrogens with zero attached hydrogens (tertiary/aromatic N) is 1. The van der Waals surface area contributed by atoms with Gasteiger partial charge in [-0.1, -0.05) is 24.2 Å². The van der Waals surface area contributed by atoms with Gasteiger partial charge in [0.15, 0.2) is 5.13 Å². The van der Waals surface area contributed by atoms with Gasteiger partial charge in [-0.3, -0.25) is 9.59 Å². The number of aryl methyl sites for hydroxylation is 1. The van der Waals surface area contributed by atoms with Crippen LogP contribution in [0.4, 0.5) is 5.13 Å². The van der Waals surface area contributed by atoms with Gasteiger partial charge in [0.1, 0.15) is 4.88 Å². The fourth-order valence-corrected chi connectivity index (χ4v) is 3.88. The molecule has 2 aliphatic rings. The first-order valence-corrected chi connectivity index (χ1v) is 8.12. The first-order valence-electron chi connectivity index (χ1n) is 7.30. The highest BCUT2D eigenvalue weighted by molar-refractivity contribution is 7.17. The van der Waals surface area contributed by atoms with Crippen LogP contribution in [0.3, 0.4) is 0 Å². The predicted molar refractivity (Wildman–Crippen MR) is 78.0 cm³/mol. The van der Waals surface area contributed by atoms with Crippen LogP contribution in [0.5, 0.6) is 0 Å². The molecule has 2 amide bonds. The number of anilines is 1. The fraction of sp³-hybridized carbons (Fsp3) is 0.643. The van der Waals surface area contributed by atoms with Crippen molar-refractivity contribution in [1.82, 2.24) is 10.3 Å². The van der Waals surface area contributed by atoms with Crippen molar-refractivity contribution >= 4 is 28.3 Å². The summed E-state index contributed by atoms with van der Waals surface area (Å²) in [4.78, 5) is 28.9. The highest BCUT2D eigenvalue weighted by Crippen LogP contribution is 2.29. The van der Waals surface area contributed by atoms with Crippen LogP contribution in [0, 0.1) is 5.92 Å². The van der Waals surface area contributed by atoms with Gasteiger partial charge in [-0.2, -0.15) is 0 Å². The van der Waals surface area contributed by atoms with Gasteiger partial charge in [0.05, 0.1) is 5.69 Å². The lowest BCUT2D eigenvalue weighted by Crippen LogP contribution is -2.21. The topological polar surface area (TPSA) is 71.1 Å². The van der Waals surface area contributed by atoms with E-state index in [2.05, 4.69) is 15.6 Å². The quantitative estimate of drug-likeness (QED) is 0.898. The van der Waals surface area contributed by atoms with E-state index in [1.807, 2.05) is 0 Å². The number of hydrogen-bond donors (Lipinski definition) is 2. The average molecular weight is 293 g/mol. The monoisotopic (exact) mass is 293 g/mol. The minimum Gasteiger partial charge on any atom is -0.351 e. The van der Waals surface area contributed by atoms with E-state index in [0.29, 0.717) is 28.9 Å². The number of rotatable bonds is 3. The van der Waals surface area contributed by atoms with Gasteiger partial charge in [0.2, 0.25) is 5.91 Å². The summed E-state index contributed by atoms with van der Waals surface area (Å²) in [5.74, 6) is 0.489. The first-order chi connectivity index (χ1) is 9.72. The number of aromatic nitrogens is 1. The van der Waals surface area contributed by atoms with Crippen LogP contribution in [0.15, 0.2) is 0 Å². The summed E-state index contributed by atoms with van der Waals surface area (Å²) in [5, 5.41) is 6.27. The summed E-state index contributed by atoms with van der Waals surface area (Å²) in [6, 6.07) is 0. The molecule has 1 aliphatic carbocycles. The lowest BCUT2D eigenvalue weighted by molar-refractivity contribution is -0.117. The van der Waals surface area contributed by atoms with E-state index in [9.17, 15) is 9.59 Å². The van der Waals surface area contributed by atoms with Crippen molar-refractivity contribution in [3.05, 3.63) is 10.6 Å². The van der Waals surface area contributed by atoms with Gasteiger partial charge in [0.25, 0.3) is 5.91 Å². The third kappa shape index (κ3) is 3.00. The van der Waals surface area contributed by atoms with Gasteiger partial charge >= 0.3 is 0 Å². The van der Waals surface area contributed by atoms with E-state index >= 15 is 0 Å². The zero-order chi connectivity index (χ0) is 13.9. The second-order valence-corrected chi connectivity index (χ2v) is 6.56. The molecule has 1 fully saturated rings. The molecule has 0 aromatic carbocycles. The number of hydrogen-bond acceptors (Lipinski definition) is 4. The second-order valence-electron chi connectivity index (χ2n) is 5.56. The van der Waals surface area contributed by atoms with E-state index < -0.39 is 0 Å². The molecule has 0 spiro atoms. The van der Waals surface area contributed by atoms with Crippen LogP contribution in [-0.4, -0.2) is 23.3 Å². The van der Waals surface area contributed by atoms with Crippen molar-refractivity contribution in [1.29, 1.82) is 0 Å². The van der Waals surface area contributed by atoms with Gasteiger partial charge < -0.3 is 10.6 Å². The molecule has 108 valence electrons. The van der Waals surface area contributed by atoms with Crippen molar-refractivity contribution in [3.63, 3.8) is 0 Å². The number of fused-ring (bicyclic) bond motifs is 1. The lowest BCUT2D eigenvalue weighted by atomic mass is 10.0. The summed E-state index contributed by atoms with van der Waals surface area (Å²) in [6.07, 6.45) is 7.07. The minimum atomic E-state index is -0.0636.